The number of anilines is 1. The Labute approximate surface area is 157 Å². The summed E-state index contributed by atoms with van der Waals surface area (Å²) in [6, 6.07) is 16.9. The third kappa shape index (κ3) is 3.27. The lowest BCUT2D eigenvalue weighted by molar-refractivity contribution is 0.381. The van der Waals surface area contributed by atoms with Crippen molar-refractivity contribution in [3.05, 3.63) is 64.7 Å². The van der Waals surface area contributed by atoms with Crippen LogP contribution in [0.15, 0.2) is 42.5 Å². The highest BCUT2D eigenvalue weighted by atomic mass is 15.2. The van der Waals surface area contributed by atoms with Crippen molar-refractivity contribution in [1.82, 2.24) is 0 Å². The van der Waals surface area contributed by atoms with Crippen LogP contribution in [0.1, 0.15) is 62.3 Å². The summed E-state index contributed by atoms with van der Waals surface area (Å²) in [5.74, 6) is 0.512. The van der Waals surface area contributed by atoms with Crippen LogP contribution < -0.4 is 4.90 Å². The van der Waals surface area contributed by atoms with Gasteiger partial charge in [0.05, 0.1) is 11.6 Å². The second kappa shape index (κ2) is 7.00. The minimum absolute atomic E-state index is 0.173. The highest BCUT2D eigenvalue weighted by Gasteiger charge is 2.35. The fourth-order valence-electron chi connectivity index (χ4n) is 4.36. The lowest BCUT2D eigenvalue weighted by Gasteiger charge is -2.47. The van der Waals surface area contributed by atoms with Gasteiger partial charge in [0.1, 0.15) is 0 Å². The molecule has 0 fully saturated rings. The molecule has 26 heavy (non-hydrogen) atoms. The van der Waals surface area contributed by atoms with Crippen LogP contribution in [0.3, 0.4) is 0 Å². The number of benzene rings is 2. The van der Waals surface area contributed by atoms with E-state index in [2.05, 4.69) is 57.7 Å². The summed E-state index contributed by atoms with van der Waals surface area (Å²) in [5, 5.41) is 9.64. The van der Waals surface area contributed by atoms with E-state index in [1.807, 2.05) is 36.4 Å². The van der Waals surface area contributed by atoms with Gasteiger partial charge < -0.3 is 4.90 Å². The zero-order chi connectivity index (χ0) is 18.9. The van der Waals surface area contributed by atoms with Crippen molar-refractivity contribution in [3.8, 4) is 6.07 Å². The molecular formula is C24H28N2. The molecular weight excluding hydrogens is 316 g/mol. The Balaban J connectivity index is 2.11. The molecule has 0 aliphatic carbocycles. The van der Waals surface area contributed by atoms with E-state index >= 15 is 0 Å². The first kappa shape index (κ1) is 18.3. The van der Waals surface area contributed by atoms with Crippen molar-refractivity contribution in [3.63, 3.8) is 0 Å². The maximum Gasteiger partial charge on any atom is 0.0998 e. The molecule has 0 N–H and O–H groups in total. The van der Waals surface area contributed by atoms with Gasteiger partial charge in [-0.05, 0) is 80.5 Å². The largest absolute Gasteiger partial charge is 0.366 e. The van der Waals surface area contributed by atoms with Gasteiger partial charge >= 0.3 is 0 Å². The van der Waals surface area contributed by atoms with E-state index in [0.29, 0.717) is 11.5 Å². The molecule has 1 atom stereocenters. The molecule has 0 radical (unpaired) electrons. The van der Waals surface area contributed by atoms with Gasteiger partial charge in [-0.25, -0.2) is 0 Å². The number of fused-ring (bicyclic) bond motifs is 1. The molecule has 2 heteroatoms. The molecule has 0 bridgehead atoms. The normalized spacial score (nSPS) is 19.0. The van der Waals surface area contributed by atoms with Gasteiger partial charge in [0.25, 0.3) is 0 Å². The van der Waals surface area contributed by atoms with Crippen LogP contribution in [0.4, 0.5) is 5.69 Å². The lowest BCUT2D eigenvalue weighted by Crippen LogP contribution is -2.48. The molecule has 134 valence electrons. The first-order valence-corrected chi connectivity index (χ1v) is 9.46. The minimum atomic E-state index is 0.173. The van der Waals surface area contributed by atoms with Crippen molar-refractivity contribution in [1.29, 1.82) is 5.26 Å². The van der Waals surface area contributed by atoms with Crippen molar-refractivity contribution in [2.24, 2.45) is 0 Å². The van der Waals surface area contributed by atoms with Gasteiger partial charge in [-0.2, -0.15) is 5.26 Å². The van der Waals surface area contributed by atoms with Crippen LogP contribution in [0.2, 0.25) is 0 Å². The average Bonchev–Trinajstić information content (AvgIpc) is 2.60. The topological polar surface area (TPSA) is 27.0 Å². The summed E-state index contributed by atoms with van der Waals surface area (Å²) >= 11 is 0. The maximum atomic E-state index is 9.64. The third-order valence-electron chi connectivity index (χ3n) is 5.59. The monoisotopic (exact) mass is 344 g/mol. The summed E-state index contributed by atoms with van der Waals surface area (Å²) in [4.78, 5) is 2.52. The highest BCUT2D eigenvalue weighted by molar-refractivity contribution is 5.90. The smallest absolute Gasteiger partial charge is 0.0998 e. The van der Waals surface area contributed by atoms with Crippen LogP contribution in [-0.2, 0) is 0 Å². The second-order valence-corrected chi connectivity index (χ2v) is 7.97. The Bertz CT molecular complexity index is 869. The molecule has 0 saturated carbocycles. The lowest BCUT2D eigenvalue weighted by atomic mass is 9.79. The standard InChI is InChI=1S/C24H28N2/c1-6-26-23-12-17(2)20(14-22(23)18(3)15-24(26,4)5)13-21(16-25)19-10-8-7-9-11-19/h7-14,18H,6,15H2,1-5H3/b21-13+/t18-/m0/s1. The number of nitrogens with zero attached hydrogens (tertiary/aromatic N) is 2. The number of hydrogen-bond acceptors (Lipinski definition) is 2. The summed E-state index contributed by atoms with van der Waals surface area (Å²) < 4.78 is 0. The van der Waals surface area contributed by atoms with Crippen LogP contribution in [0.25, 0.3) is 11.6 Å². The van der Waals surface area contributed by atoms with Gasteiger partial charge in [0, 0.05) is 17.8 Å². The van der Waals surface area contributed by atoms with E-state index in [-0.39, 0.29) is 5.54 Å². The van der Waals surface area contributed by atoms with Crippen LogP contribution >= 0.6 is 0 Å². The minimum Gasteiger partial charge on any atom is -0.366 e. The predicted molar refractivity (Wildman–Crippen MR) is 111 cm³/mol. The molecule has 0 unspecified atom stereocenters. The number of hydrogen-bond donors (Lipinski definition) is 0. The average molecular weight is 345 g/mol. The molecule has 0 spiro atoms. The SMILES string of the molecule is CCN1c2cc(C)c(/C=C(\C#N)c3ccccc3)cc2[C@@H](C)CC1(C)C. The van der Waals surface area contributed by atoms with Crippen molar-refractivity contribution in [2.45, 2.75) is 52.5 Å². The second-order valence-electron chi connectivity index (χ2n) is 7.97. The van der Waals surface area contributed by atoms with Crippen LogP contribution in [0, 0.1) is 18.3 Å². The zero-order valence-corrected chi connectivity index (χ0v) is 16.5. The zero-order valence-electron chi connectivity index (χ0n) is 16.5. The van der Waals surface area contributed by atoms with Gasteiger partial charge in [-0.3, -0.25) is 0 Å². The van der Waals surface area contributed by atoms with Crippen molar-refractivity contribution in [2.75, 3.05) is 11.4 Å². The number of aryl methyl sites for hydroxylation is 1. The Morgan fingerprint density at radius 1 is 1.27 bits per heavy atom. The molecule has 3 rings (SSSR count). The maximum absolute atomic E-state index is 9.64. The van der Waals surface area contributed by atoms with E-state index in [0.717, 1.165) is 24.1 Å². The van der Waals surface area contributed by atoms with E-state index < -0.39 is 0 Å². The summed E-state index contributed by atoms with van der Waals surface area (Å²) in [5.41, 5.74) is 6.97. The van der Waals surface area contributed by atoms with E-state index in [1.54, 1.807) is 0 Å². The quantitative estimate of drug-likeness (QED) is 0.491. The van der Waals surface area contributed by atoms with E-state index in [1.165, 1.54) is 16.8 Å². The van der Waals surface area contributed by atoms with Crippen LogP contribution in [-0.4, -0.2) is 12.1 Å². The molecule has 1 aliphatic rings. The fourth-order valence-corrected chi connectivity index (χ4v) is 4.36. The summed E-state index contributed by atoms with van der Waals surface area (Å²) in [6.07, 6.45) is 3.18. The van der Waals surface area contributed by atoms with Gasteiger partial charge in [-0.15, -0.1) is 0 Å². The Kier molecular flexibility index (Phi) is 4.92. The molecule has 2 aromatic carbocycles. The Hall–Kier alpha value is -2.53. The molecule has 0 amide bonds. The van der Waals surface area contributed by atoms with Crippen molar-refractivity contribution < 1.29 is 0 Å². The third-order valence-corrected chi connectivity index (χ3v) is 5.59. The van der Waals surface area contributed by atoms with Gasteiger partial charge in [0.15, 0.2) is 0 Å². The molecule has 1 aliphatic heterocycles. The van der Waals surface area contributed by atoms with Crippen molar-refractivity contribution >= 4 is 17.3 Å². The fraction of sp³-hybridized carbons (Fsp3) is 0.375. The van der Waals surface area contributed by atoms with Crippen LogP contribution in [0.5, 0.6) is 0 Å². The first-order valence-electron chi connectivity index (χ1n) is 9.46. The van der Waals surface area contributed by atoms with E-state index in [9.17, 15) is 5.26 Å². The van der Waals surface area contributed by atoms with Gasteiger partial charge in [-0.1, -0.05) is 37.3 Å². The summed E-state index contributed by atoms with van der Waals surface area (Å²) in [7, 11) is 0. The summed E-state index contributed by atoms with van der Waals surface area (Å²) in [6.45, 7) is 12.4. The van der Waals surface area contributed by atoms with Gasteiger partial charge in [0.2, 0.25) is 0 Å². The number of allylic oxidation sites excluding steroid dienone is 1. The molecule has 2 nitrogen and oxygen atoms in total. The highest BCUT2D eigenvalue weighted by Crippen LogP contribution is 2.44. The molecule has 2 aromatic rings. The number of nitriles is 1. The Morgan fingerprint density at radius 2 is 1.96 bits per heavy atom. The molecule has 1 heterocycles. The molecule has 0 aromatic heterocycles. The van der Waals surface area contributed by atoms with E-state index in [4.69, 9.17) is 0 Å². The molecule has 0 saturated heterocycles. The Morgan fingerprint density at radius 3 is 2.58 bits per heavy atom. The predicted octanol–water partition coefficient (Wildman–Crippen LogP) is 6.17. The number of rotatable bonds is 3. The first-order chi connectivity index (χ1) is 12.4.